The lowest BCUT2D eigenvalue weighted by Gasteiger charge is -2.17. The van der Waals surface area contributed by atoms with Crippen LogP contribution in [0, 0.1) is 0 Å². The number of alkyl halides is 1. The highest BCUT2D eigenvalue weighted by Gasteiger charge is 2.35. The lowest BCUT2D eigenvalue weighted by molar-refractivity contribution is -0.140. The minimum Gasteiger partial charge on any atom is -0.316 e. The van der Waals surface area contributed by atoms with Crippen LogP contribution in [0.4, 0.5) is 5.69 Å². The van der Waals surface area contributed by atoms with Gasteiger partial charge in [-0.1, -0.05) is 52.6 Å². The second kappa shape index (κ2) is 7.44. The van der Waals surface area contributed by atoms with Gasteiger partial charge >= 0.3 is 5.97 Å². The van der Waals surface area contributed by atoms with Crippen molar-refractivity contribution in [2.45, 2.75) is 6.54 Å². The molecule has 128 valence electrons. The summed E-state index contributed by atoms with van der Waals surface area (Å²) in [7, 11) is 0. The molecule has 0 atom stereocenters. The van der Waals surface area contributed by atoms with Gasteiger partial charge in [0.15, 0.2) is 5.71 Å². The third-order valence-electron chi connectivity index (χ3n) is 3.59. The normalized spacial score (nSPS) is 14.8. The fourth-order valence-corrected chi connectivity index (χ4v) is 2.97. The molecule has 0 N–H and O–H groups in total. The average molecular weight is 398 g/mol. The zero-order valence-electron chi connectivity index (χ0n) is 12.7. The number of rotatable bonds is 4. The highest BCUT2D eigenvalue weighted by Crippen LogP contribution is 2.32. The van der Waals surface area contributed by atoms with E-state index in [1.807, 2.05) is 0 Å². The van der Waals surface area contributed by atoms with Crippen LogP contribution in [0.5, 0.6) is 0 Å². The number of para-hydroxylation sites is 1. The number of anilines is 1. The van der Waals surface area contributed by atoms with E-state index in [9.17, 15) is 9.59 Å². The van der Waals surface area contributed by atoms with Gasteiger partial charge in [0.25, 0.3) is 5.91 Å². The Labute approximate surface area is 158 Å². The first-order valence-corrected chi connectivity index (χ1v) is 8.49. The van der Waals surface area contributed by atoms with Crippen molar-refractivity contribution in [1.29, 1.82) is 0 Å². The monoisotopic (exact) mass is 396 g/mol. The molecule has 1 heterocycles. The maximum Gasteiger partial charge on any atom is 0.349 e. The SMILES string of the molecule is O=C(CCl)O/N=C1/C(=O)N(Cc2ccc(Cl)cc2Cl)c2ccccc21. The van der Waals surface area contributed by atoms with Crippen LogP contribution >= 0.6 is 34.8 Å². The molecule has 8 heteroatoms. The van der Waals surface area contributed by atoms with Gasteiger partial charge in [-0.25, -0.2) is 4.79 Å². The molecule has 1 amide bonds. The number of oxime groups is 1. The van der Waals surface area contributed by atoms with Crippen LogP contribution in [-0.2, 0) is 21.0 Å². The summed E-state index contributed by atoms with van der Waals surface area (Å²) in [5.41, 5.74) is 1.99. The lowest BCUT2D eigenvalue weighted by Crippen LogP contribution is -2.30. The standard InChI is InChI=1S/C17H11Cl3N2O3/c18-8-15(23)25-21-16-12-3-1-2-4-14(12)22(17(16)24)9-10-5-6-11(19)7-13(10)20/h1-7H,8-9H2/b21-16+. The Bertz CT molecular complexity index is 883. The molecule has 0 spiro atoms. The minimum atomic E-state index is -0.737. The number of hydrogen-bond donors (Lipinski definition) is 0. The number of benzene rings is 2. The van der Waals surface area contributed by atoms with Crippen molar-refractivity contribution in [1.82, 2.24) is 0 Å². The van der Waals surface area contributed by atoms with E-state index in [1.54, 1.807) is 42.5 Å². The molecule has 1 aliphatic heterocycles. The van der Waals surface area contributed by atoms with Crippen molar-refractivity contribution in [3.8, 4) is 0 Å². The van der Waals surface area contributed by atoms with Gasteiger partial charge in [0.1, 0.15) is 5.88 Å². The zero-order chi connectivity index (χ0) is 18.0. The van der Waals surface area contributed by atoms with Gasteiger partial charge in [-0.15, -0.1) is 11.6 Å². The Morgan fingerprint density at radius 3 is 2.64 bits per heavy atom. The second-order valence-electron chi connectivity index (χ2n) is 5.18. The molecule has 0 radical (unpaired) electrons. The van der Waals surface area contributed by atoms with Gasteiger partial charge in [0, 0.05) is 15.6 Å². The number of halogens is 3. The van der Waals surface area contributed by atoms with Gasteiger partial charge in [-0.2, -0.15) is 0 Å². The molecule has 0 saturated carbocycles. The molecule has 0 unspecified atom stereocenters. The summed E-state index contributed by atoms with van der Waals surface area (Å²) >= 11 is 17.5. The molecule has 3 rings (SSSR count). The minimum absolute atomic E-state index is 0.0409. The smallest absolute Gasteiger partial charge is 0.316 e. The molecular weight excluding hydrogens is 387 g/mol. The number of hydrogen-bond acceptors (Lipinski definition) is 4. The van der Waals surface area contributed by atoms with Gasteiger partial charge in [0.05, 0.1) is 12.2 Å². The maximum absolute atomic E-state index is 12.7. The Kier molecular flexibility index (Phi) is 5.27. The molecule has 25 heavy (non-hydrogen) atoms. The van der Waals surface area contributed by atoms with E-state index in [1.165, 1.54) is 4.90 Å². The van der Waals surface area contributed by atoms with Crippen molar-refractivity contribution in [2.24, 2.45) is 5.16 Å². The van der Waals surface area contributed by atoms with Crippen molar-refractivity contribution >= 4 is 58.1 Å². The number of fused-ring (bicyclic) bond motifs is 1. The van der Waals surface area contributed by atoms with Crippen molar-refractivity contribution < 1.29 is 14.4 Å². The largest absolute Gasteiger partial charge is 0.349 e. The van der Waals surface area contributed by atoms with Crippen LogP contribution in [0.2, 0.25) is 10.0 Å². The van der Waals surface area contributed by atoms with Crippen LogP contribution in [-0.4, -0.2) is 23.5 Å². The lowest BCUT2D eigenvalue weighted by atomic mass is 10.1. The quantitative estimate of drug-likeness (QED) is 0.445. The summed E-state index contributed by atoms with van der Waals surface area (Å²) < 4.78 is 0. The number of amides is 1. The van der Waals surface area contributed by atoms with Crippen LogP contribution < -0.4 is 4.90 Å². The molecule has 0 bridgehead atoms. The van der Waals surface area contributed by atoms with Crippen LogP contribution in [0.1, 0.15) is 11.1 Å². The molecule has 5 nitrogen and oxygen atoms in total. The van der Waals surface area contributed by atoms with Crippen LogP contribution in [0.15, 0.2) is 47.6 Å². The summed E-state index contributed by atoms with van der Waals surface area (Å²) in [5.74, 6) is -1.48. The van der Waals surface area contributed by atoms with Crippen LogP contribution in [0.25, 0.3) is 0 Å². The number of carbonyl (C=O) groups is 2. The fourth-order valence-electron chi connectivity index (χ4n) is 2.45. The summed E-state index contributed by atoms with van der Waals surface area (Å²) in [5, 5.41) is 4.65. The number of nitrogens with zero attached hydrogens (tertiary/aromatic N) is 2. The molecule has 0 aromatic heterocycles. The topological polar surface area (TPSA) is 59.0 Å². The summed E-state index contributed by atoms with van der Waals surface area (Å²) in [6, 6.07) is 12.1. The van der Waals surface area contributed by atoms with E-state index >= 15 is 0 Å². The Hall–Kier alpha value is -2.08. The second-order valence-corrected chi connectivity index (χ2v) is 6.29. The van der Waals surface area contributed by atoms with Gasteiger partial charge in [-0.3, -0.25) is 4.79 Å². The highest BCUT2D eigenvalue weighted by atomic mass is 35.5. The summed E-state index contributed by atoms with van der Waals surface area (Å²) in [6.45, 7) is 0.230. The van der Waals surface area contributed by atoms with E-state index in [4.69, 9.17) is 34.8 Å². The third-order valence-corrected chi connectivity index (χ3v) is 4.39. The zero-order valence-corrected chi connectivity index (χ0v) is 15.0. The highest BCUT2D eigenvalue weighted by molar-refractivity contribution is 6.54. The third kappa shape index (κ3) is 3.63. The van der Waals surface area contributed by atoms with Crippen molar-refractivity contribution in [3.05, 3.63) is 63.6 Å². The summed E-state index contributed by atoms with van der Waals surface area (Å²) in [6.07, 6.45) is 0. The fraction of sp³-hybridized carbons (Fsp3) is 0.118. The van der Waals surface area contributed by atoms with E-state index in [0.29, 0.717) is 21.3 Å². The summed E-state index contributed by atoms with van der Waals surface area (Å²) in [4.78, 5) is 30.1. The van der Waals surface area contributed by atoms with Gasteiger partial charge in [-0.05, 0) is 23.8 Å². The first-order valence-electron chi connectivity index (χ1n) is 7.20. The first kappa shape index (κ1) is 17.7. The molecule has 0 saturated heterocycles. The molecule has 2 aromatic rings. The number of carbonyl (C=O) groups excluding carboxylic acids is 2. The Balaban J connectivity index is 1.95. The van der Waals surface area contributed by atoms with E-state index in [-0.39, 0.29) is 18.1 Å². The molecular formula is C17H11Cl3N2O3. The first-order chi connectivity index (χ1) is 12.0. The van der Waals surface area contributed by atoms with E-state index in [0.717, 1.165) is 5.56 Å². The molecule has 0 fully saturated rings. The Morgan fingerprint density at radius 2 is 1.92 bits per heavy atom. The molecule has 2 aromatic carbocycles. The van der Waals surface area contributed by atoms with Crippen LogP contribution in [0.3, 0.4) is 0 Å². The Morgan fingerprint density at radius 1 is 1.16 bits per heavy atom. The predicted molar refractivity (Wildman–Crippen MR) is 97.4 cm³/mol. The van der Waals surface area contributed by atoms with Crippen molar-refractivity contribution in [2.75, 3.05) is 10.8 Å². The molecule has 0 aliphatic carbocycles. The molecule has 1 aliphatic rings. The van der Waals surface area contributed by atoms with E-state index in [2.05, 4.69) is 9.99 Å². The predicted octanol–water partition coefficient (Wildman–Crippen LogP) is 4.03. The van der Waals surface area contributed by atoms with E-state index < -0.39 is 11.9 Å². The average Bonchev–Trinajstić information content (AvgIpc) is 2.87. The maximum atomic E-state index is 12.7. The van der Waals surface area contributed by atoms with Gasteiger partial charge in [0.2, 0.25) is 0 Å². The van der Waals surface area contributed by atoms with Crippen molar-refractivity contribution in [3.63, 3.8) is 0 Å². The van der Waals surface area contributed by atoms with Gasteiger partial charge < -0.3 is 9.74 Å².